The van der Waals surface area contributed by atoms with E-state index in [0.29, 0.717) is 24.9 Å². The number of nitrogens with one attached hydrogen (secondary N) is 2. The van der Waals surface area contributed by atoms with E-state index >= 15 is 0 Å². The van der Waals surface area contributed by atoms with Crippen LogP contribution in [-0.4, -0.2) is 70.9 Å². The number of guanidine groups is 1. The van der Waals surface area contributed by atoms with Crippen LogP contribution in [0.5, 0.6) is 0 Å². The number of aliphatic imine (C=N–C) groups is 1. The molecule has 7 nitrogen and oxygen atoms in total. The molecule has 1 heterocycles. The minimum atomic E-state index is -3.05. The first kappa shape index (κ1) is 25.9. The summed E-state index contributed by atoms with van der Waals surface area (Å²) < 4.78 is 30.4. The van der Waals surface area contributed by atoms with E-state index < -0.39 is 10.0 Å². The third-order valence-corrected chi connectivity index (χ3v) is 5.97. The Hall–Kier alpha value is -0.130. The van der Waals surface area contributed by atoms with Crippen LogP contribution in [0.25, 0.3) is 0 Å². The van der Waals surface area contributed by atoms with E-state index in [1.165, 1.54) is 6.26 Å². The van der Waals surface area contributed by atoms with Crippen molar-refractivity contribution in [3.05, 3.63) is 0 Å². The summed E-state index contributed by atoms with van der Waals surface area (Å²) in [7, 11) is -1.28. The molecule has 1 fully saturated rings. The summed E-state index contributed by atoms with van der Waals surface area (Å²) in [5, 5.41) is 6.70. The van der Waals surface area contributed by atoms with Gasteiger partial charge in [0.1, 0.15) is 0 Å². The molecule has 26 heavy (non-hydrogen) atoms. The van der Waals surface area contributed by atoms with E-state index in [1.54, 1.807) is 11.4 Å². The zero-order chi connectivity index (χ0) is 18.9. The molecule has 9 heteroatoms. The largest absolute Gasteiger partial charge is 0.378 e. The van der Waals surface area contributed by atoms with Crippen LogP contribution in [0.1, 0.15) is 40.0 Å². The van der Waals surface area contributed by atoms with Gasteiger partial charge in [0.2, 0.25) is 10.0 Å². The summed E-state index contributed by atoms with van der Waals surface area (Å²) in [5.41, 5.74) is 0. The highest BCUT2D eigenvalue weighted by molar-refractivity contribution is 14.0. The summed E-state index contributed by atoms with van der Waals surface area (Å²) in [6.45, 7) is 9.97. The van der Waals surface area contributed by atoms with E-state index in [-0.39, 0.29) is 30.1 Å². The number of hydrogen-bond donors (Lipinski definition) is 2. The van der Waals surface area contributed by atoms with E-state index in [0.717, 1.165) is 44.9 Å². The molecule has 0 aromatic heterocycles. The third-order valence-electron chi connectivity index (χ3n) is 4.67. The number of halogens is 1. The van der Waals surface area contributed by atoms with Gasteiger partial charge in [0.05, 0.1) is 12.4 Å². The van der Waals surface area contributed by atoms with Crippen LogP contribution in [-0.2, 0) is 14.8 Å². The second kappa shape index (κ2) is 13.1. The fraction of sp³-hybridized carbons (Fsp3) is 0.941. The Bertz CT molecular complexity index is 506. The second-order valence-electron chi connectivity index (χ2n) is 7.01. The number of nitrogens with zero attached hydrogens (tertiary/aromatic N) is 2. The van der Waals surface area contributed by atoms with Gasteiger partial charge >= 0.3 is 0 Å². The van der Waals surface area contributed by atoms with Crippen LogP contribution in [0.2, 0.25) is 0 Å². The third kappa shape index (κ3) is 9.70. The molecule has 1 aliphatic rings. The molecule has 0 radical (unpaired) electrons. The number of piperidine rings is 1. The van der Waals surface area contributed by atoms with Gasteiger partial charge in [-0.1, -0.05) is 13.8 Å². The van der Waals surface area contributed by atoms with E-state index in [9.17, 15) is 8.42 Å². The van der Waals surface area contributed by atoms with Crippen LogP contribution in [0, 0.1) is 11.8 Å². The number of hydrogen-bond acceptors (Lipinski definition) is 4. The van der Waals surface area contributed by atoms with Crippen LogP contribution in [0.15, 0.2) is 4.99 Å². The minimum absolute atomic E-state index is 0. The maximum atomic E-state index is 11.5. The molecule has 1 aliphatic heterocycles. The lowest BCUT2D eigenvalue weighted by molar-refractivity contribution is 0.0258. The summed E-state index contributed by atoms with van der Waals surface area (Å²) in [6.07, 6.45) is 4.26. The molecule has 0 aromatic carbocycles. The van der Waals surface area contributed by atoms with Crippen molar-refractivity contribution < 1.29 is 13.2 Å². The Morgan fingerprint density at radius 3 is 2.35 bits per heavy atom. The Morgan fingerprint density at radius 2 is 1.88 bits per heavy atom. The molecular formula is C17H37IN4O3S. The van der Waals surface area contributed by atoms with Crippen molar-refractivity contribution in [1.29, 1.82) is 0 Å². The van der Waals surface area contributed by atoms with Gasteiger partial charge in [0.15, 0.2) is 5.96 Å². The number of ether oxygens (including phenoxy) is 1. The van der Waals surface area contributed by atoms with E-state index in [2.05, 4.69) is 29.5 Å². The van der Waals surface area contributed by atoms with Crippen LogP contribution in [0.3, 0.4) is 0 Å². The highest BCUT2D eigenvalue weighted by atomic mass is 127. The standard InChI is InChI=1S/C17H36N4O3S.HI/c1-6-24-16(14(2)3)7-10-19-17(18-4)20-13-15-8-11-21(12-9-15)25(5,22)23;/h14-16H,6-13H2,1-5H3,(H2,18,19,20);1H. The van der Waals surface area contributed by atoms with Gasteiger partial charge in [0, 0.05) is 39.8 Å². The zero-order valence-corrected chi connectivity index (χ0v) is 20.0. The smallest absolute Gasteiger partial charge is 0.211 e. The van der Waals surface area contributed by atoms with Crippen molar-refractivity contribution in [2.45, 2.75) is 46.1 Å². The first-order valence-corrected chi connectivity index (χ1v) is 11.1. The van der Waals surface area contributed by atoms with Crippen molar-refractivity contribution in [2.75, 3.05) is 46.1 Å². The molecule has 0 spiro atoms. The fourth-order valence-corrected chi connectivity index (χ4v) is 3.94. The van der Waals surface area contributed by atoms with E-state index in [4.69, 9.17) is 4.74 Å². The SMILES string of the molecule is CCOC(CCNC(=NC)NCC1CCN(S(C)(=O)=O)CC1)C(C)C.I. The van der Waals surface area contributed by atoms with Crippen molar-refractivity contribution in [1.82, 2.24) is 14.9 Å². The summed E-state index contributed by atoms with van der Waals surface area (Å²) in [5.74, 6) is 1.77. The molecule has 2 N–H and O–H groups in total. The molecule has 1 atom stereocenters. The predicted molar refractivity (Wildman–Crippen MR) is 119 cm³/mol. The maximum Gasteiger partial charge on any atom is 0.211 e. The topological polar surface area (TPSA) is 83.0 Å². The Kier molecular flexibility index (Phi) is 13.0. The number of sulfonamides is 1. The van der Waals surface area contributed by atoms with Crippen molar-refractivity contribution in [3.8, 4) is 0 Å². The lowest BCUT2D eigenvalue weighted by atomic mass is 9.98. The van der Waals surface area contributed by atoms with Gasteiger partial charge in [-0.15, -0.1) is 24.0 Å². The average molecular weight is 504 g/mol. The molecule has 0 aliphatic carbocycles. The Labute approximate surface area is 176 Å². The van der Waals surface area contributed by atoms with Crippen LogP contribution in [0.4, 0.5) is 0 Å². The number of rotatable bonds is 9. The van der Waals surface area contributed by atoms with Gasteiger partial charge in [-0.25, -0.2) is 12.7 Å². The zero-order valence-electron chi connectivity index (χ0n) is 16.8. The Balaban J connectivity index is 0.00000625. The van der Waals surface area contributed by atoms with Gasteiger partial charge in [0.25, 0.3) is 0 Å². The van der Waals surface area contributed by atoms with Crippen LogP contribution < -0.4 is 10.6 Å². The molecular weight excluding hydrogens is 467 g/mol. The summed E-state index contributed by atoms with van der Waals surface area (Å²) in [4.78, 5) is 4.26. The lowest BCUT2D eigenvalue weighted by Gasteiger charge is -2.30. The monoisotopic (exact) mass is 504 g/mol. The molecule has 0 bridgehead atoms. The van der Waals surface area contributed by atoms with Gasteiger partial charge < -0.3 is 15.4 Å². The predicted octanol–water partition coefficient (Wildman–Crippen LogP) is 1.89. The summed E-state index contributed by atoms with van der Waals surface area (Å²) in [6, 6.07) is 0. The molecule has 1 saturated heterocycles. The molecule has 156 valence electrons. The molecule has 0 amide bonds. The lowest BCUT2D eigenvalue weighted by Crippen LogP contribution is -2.44. The molecule has 0 aromatic rings. The summed E-state index contributed by atoms with van der Waals surface area (Å²) >= 11 is 0. The highest BCUT2D eigenvalue weighted by Crippen LogP contribution is 2.18. The Morgan fingerprint density at radius 1 is 1.27 bits per heavy atom. The van der Waals surface area contributed by atoms with Crippen molar-refractivity contribution in [2.24, 2.45) is 16.8 Å². The van der Waals surface area contributed by atoms with Crippen molar-refractivity contribution >= 4 is 40.0 Å². The normalized spacial score (nSPS) is 18.5. The van der Waals surface area contributed by atoms with Gasteiger partial charge in [-0.05, 0) is 38.0 Å². The van der Waals surface area contributed by atoms with Gasteiger partial charge in [-0.3, -0.25) is 4.99 Å². The fourth-order valence-electron chi connectivity index (χ4n) is 3.06. The van der Waals surface area contributed by atoms with E-state index in [1.807, 2.05) is 6.92 Å². The molecule has 1 unspecified atom stereocenters. The molecule has 1 rings (SSSR count). The maximum absolute atomic E-state index is 11.5. The van der Waals surface area contributed by atoms with Gasteiger partial charge in [-0.2, -0.15) is 0 Å². The first-order valence-electron chi connectivity index (χ1n) is 9.29. The highest BCUT2D eigenvalue weighted by Gasteiger charge is 2.24. The van der Waals surface area contributed by atoms with Crippen molar-refractivity contribution in [3.63, 3.8) is 0 Å². The minimum Gasteiger partial charge on any atom is -0.378 e. The quantitative estimate of drug-likeness (QED) is 0.285. The second-order valence-corrected chi connectivity index (χ2v) is 8.99. The molecule has 0 saturated carbocycles. The van der Waals surface area contributed by atoms with Crippen LogP contribution >= 0.6 is 24.0 Å². The average Bonchev–Trinajstić information content (AvgIpc) is 2.56. The first-order chi connectivity index (χ1) is 11.8.